The fraction of sp³-hybridized carbons (Fsp3) is 0.429. The van der Waals surface area contributed by atoms with Gasteiger partial charge in [-0.15, -0.1) is 0 Å². The number of anilines is 1. The van der Waals surface area contributed by atoms with Crippen molar-refractivity contribution in [2.75, 3.05) is 31.1 Å². The first-order valence-electron chi connectivity index (χ1n) is 6.38. The smallest absolute Gasteiger partial charge is 0.0657 e. The van der Waals surface area contributed by atoms with Gasteiger partial charge in [-0.05, 0) is 25.1 Å². The SMILES string of the molecule is Cc1c(N2CCNCC2)c2ccc(Cl)cc2n1C. The molecule has 0 spiro atoms. The fourth-order valence-corrected chi connectivity index (χ4v) is 2.97. The molecule has 0 unspecified atom stereocenters. The van der Waals surface area contributed by atoms with Gasteiger partial charge in [0.15, 0.2) is 0 Å². The van der Waals surface area contributed by atoms with Crippen LogP contribution < -0.4 is 10.2 Å². The molecule has 0 bridgehead atoms. The van der Waals surface area contributed by atoms with Crippen molar-refractivity contribution in [2.45, 2.75) is 6.92 Å². The van der Waals surface area contributed by atoms with Gasteiger partial charge in [-0.3, -0.25) is 0 Å². The highest BCUT2D eigenvalue weighted by atomic mass is 35.5. The van der Waals surface area contributed by atoms with E-state index in [1.165, 1.54) is 22.3 Å². The Morgan fingerprint density at radius 2 is 1.94 bits per heavy atom. The van der Waals surface area contributed by atoms with Crippen LogP contribution in [0.25, 0.3) is 10.9 Å². The lowest BCUT2D eigenvalue weighted by Gasteiger charge is -2.29. The van der Waals surface area contributed by atoms with Crippen LogP contribution in [0, 0.1) is 6.92 Å². The molecule has 1 aliphatic rings. The normalized spacial score (nSPS) is 16.5. The van der Waals surface area contributed by atoms with Crippen LogP contribution in [0.2, 0.25) is 5.02 Å². The van der Waals surface area contributed by atoms with Gasteiger partial charge in [0.2, 0.25) is 0 Å². The highest BCUT2D eigenvalue weighted by Crippen LogP contribution is 2.34. The van der Waals surface area contributed by atoms with E-state index >= 15 is 0 Å². The lowest BCUT2D eigenvalue weighted by molar-refractivity contribution is 0.589. The molecule has 0 amide bonds. The van der Waals surface area contributed by atoms with E-state index in [2.05, 4.69) is 40.9 Å². The molecule has 96 valence electrons. The van der Waals surface area contributed by atoms with Gasteiger partial charge in [-0.25, -0.2) is 0 Å². The first kappa shape index (κ1) is 11.9. The number of rotatable bonds is 1. The molecular weight excluding hydrogens is 246 g/mol. The summed E-state index contributed by atoms with van der Waals surface area (Å²) in [7, 11) is 2.11. The maximum absolute atomic E-state index is 6.10. The van der Waals surface area contributed by atoms with E-state index in [0.717, 1.165) is 31.2 Å². The second kappa shape index (κ2) is 4.48. The van der Waals surface area contributed by atoms with Gasteiger partial charge in [0.25, 0.3) is 0 Å². The number of fused-ring (bicyclic) bond motifs is 1. The van der Waals surface area contributed by atoms with E-state index < -0.39 is 0 Å². The van der Waals surface area contributed by atoms with E-state index in [9.17, 15) is 0 Å². The summed E-state index contributed by atoms with van der Waals surface area (Å²) in [5.41, 5.74) is 3.90. The Morgan fingerprint density at radius 1 is 1.22 bits per heavy atom. The van der Waals surface area contributed by atoms with Crippen molar-refractivity contribution in [3.8, 4) is 0 Å². The average Bonchev–Trinajstić information content (AvgIpc) is 2.64. The van der Waals surface area contributed by atoms with Crippen molar-refractivity contribution in [2.24, 2.45) is 7.05 Å². The largest absolute Gasteiger partial charge is 0.367 e. The Bertz CT molecular complexity index is 582. The van der Waals surface area contributed by atoms with Gasteiger partial charge in [0, 0.05) is 49.3 Å². The van der Waals surface area contributed by atoms with E-state index in [-0.39, 0.29) is 0 Å². The van der Waals surface area contributed by atoms with Gasteiger partial charge in [-0.2, -0.15) is 0 Å². The molecule has 0 aliphatic carbocycles. The zero-order chi connectivity index (χ0) is 12.7. The fourth-order valence-electron chi connectivity index (χ4n) is 2.80. The van der Waals surface area contributed by atoms with Gasteiger partial charge in [-0.1, -0.05) is 11.6 Å². The quantitative estimate of drug-likeness (QED) is 0.853. The van der Waals surface area contributed by atoms with Gasteiger partial charge in [0.05, 0.1) is 11.2 Å². The molecule has 1 aromatic heterocycles. The standard InChI is InChI=1S/C14H18ClN3/c1-10-14(18-7-5-16-6-8-18)12-4-3-11(15)9-13(12)17(10)2/h3-4,9,16H,5-8H2,1-2H3. The van der Waals surface area contributed by atoms with Crippen LogP contribution in [0.4, 0.5) is 5.69 Å². The maximum atomic E-state index is 6.10. The molecule has 1 fully saturated rings. The van der Waals surface area contributed by atoms with Crippen molar-refractivity contribution in [3.63, 3.8) is 0 Å². The molecule has 4 heteroatoms. The Morgan fingerprint density at radius 3 is 2.67 bits per heavy atom. The number of aromatic nitrogens is 1. The minimum absolute atomic E-state index is 0.801. The molecule has 0 radical (unpaired) electrons. The molecule has 2 heterocycles. The third-order valence-corrected chi connectivity index (χ3v) is 4.09. The summed E-state index contributed by atoms with van der Waals surface area (Å²) in [6.45, 7) is 6.45. The molecule has 1 saturated heterocycles. The summed E-state index contributed by atoms with van der Waals surface area (Å²) in [4.78, 5) is 2.47. The second-order valence-electron chi connectivity index (χ2n) is 4.89. The maximum Gasteiger partial charge on any atom is 0.0657 e. The predicted molar refractivity (Wildman–Crippen MR) is 77.7 cm³/mol. The summed E-state index contributed by atoms with van der Waals surface area (Å²) < 4.78 is 2.23. The van der Waals surface area contributed by atoms with Crippen molar-refractivity contribution in [1.29, 1.82) is 0 Å². The van der Waals surface area contributed by atoms with E-state index in [1.807, 2.05) is 6.07 Å². The first-order valence-corrected chi connectivity index (χ1v) is 6.76. The van der Waals surface area contributed by atoms with Crippen LogP contribution in [0.15, 0.2) is 18.2 Å². The van der Waals surface area contributed by atoms with E-state index in [1.54, 1.807) is 0 Å². The molecule has 1 aliphatic heterocycles. The van der Waals surface area contributed by atoms with Crippen LogP contribution in [-0.2, 0) is 7.05 Å². The van der Waals surface area contributed by atoms with Crippen LogP contribution >= 0.6 is 11.6 Å². The number of benzene rings is 1. The molecule has 0 saturated carbocycles. The average molecular weight is 264 g/mol. The van der Waals surface area contributed by atoms with Gasteiger partial charge < -0.3 is 14.8 Å². The molecule has 1 N–H and O–H groups in total. The van der Waals surface area contributed by atoms with Crippen molar-refractivity contribution < 1.29 is 0 Å². The number of halogens is 1. The molecule has 3 nitrogen and oxygen atoms in total. The highest BCUT2D eigenvalue weighted by molar-refractivity contribution is 6.31. The number of nitrogens with one attached hydrogen (secondary N) is 1. The Balaban J connectivity index is 2.18. The minimum atomic E-state index is 0.801. The molecule has 0 atom stereocenters. The predicted octanol–water partition coefficient (Wildman–Crippen LogP) is 2.55. The molecular formula is C14H18ClN3. The Labute approximate surface area is 112 Å². The van der Waals surface area contributed by atoms with E-state index in [0.29, 0.717) is 0 Å². The molecule has 2 aromatic rings. The summed E-state index contributed by atoms with van der Waals surface area (Å²) in [6.07, 6.45) is 0. The van der Waals surface area contributed by atoms with E-state index in [4.69, 9.17) is 11.6 Å². The second-order valence-corrected chi connectivity index (χ2v) is 5.33. The Hall–Kier alpha value is -1.19. The van der Waals surface area contributed by atoms with Crippen LogP contribution in [0.5, 0.6) is 0 Å². The number of hydrogen-bond acceptors (Lipinski definition) is 2. The summed E-state index contributed by atoms with van der Waals surface area (Å²) in [6, 6.07) is 6.17. The first-order chi connectivity index (χ1) is 8.68. The third-order valence-electron chi connectivity index (χ3n) is 3.86. The molecule has 18 heavy (non-hydrogen) atoms. The monoisotopic (exact) mass is 263 g/mol. The van der Waals surface area contributed by atoms with Crippen LogP contribution in [0.1, 0.15) is 5.69 Å². The lowest BCUT2D eigenvalue weighted by Crippen LogP contribution is -2.43. The molecule has 1 aromatic carbocycles. The summed E-state index contributed by atoms with van der Waals surface area (Å²) in [5, 5.41) is 5.51. The summed E-state index contributed by atoms with van der Waals surface area (Å²) in [5.74, 6) is 0. The van der Waals surface area contributed by atoms with Crippen molar-refractivity contribution in [1.82, 2.24) is 9.88 Å². The van der Waals surface area contributed by atoms with Gasteiger partial charge in [0.1, 0.15) is 0 Å². The van der Waals surface area contributed by atoms with Crippen LogP contribution in [0.3, 0.4) is 0 Å². The van der Waals surface area contributed by atoms with Crippen LogP contribution in [-0.4, -0.2) is 30.7 Å². The number of piperazine rings is 1. The summed E-state index contributed by atoms with van der Waals surface area (Å²) >= 11 is 6.10. The third kappa shape index (κ3) is 1.78. The zero-order valence-corrected chi connectivity index (χ0v) is 11.6. The molecule has 3 rings (SSSR count). The van der Waals surface area contributed by atoms with Crippen molar-refractivity contribution in [3.05, 3.63) is 28.9 Å². The minimum Gasteiger partial charge on any atom is -0.367 e. The van der Waals surface area contributed by atoms with Crippen molar-refractivity contribution >= 4 is 28.2 Å². The Kier molecular flexibility index (Phi) is 2.96. The number of nitrogens with zero attached hydrogens (tertiary/aromatic N) is 2. The number of hydrogen-bond donors (Lipinski definition) is 1. The number of aryl methyl sites for hydroxylation is 1. The lowest BCUT2D eigenvalue weighted by atomic mass is 10.2. The zero-order valence-electron chi connectivity index (χ0n) is 10.8. The topological polar surface area (TPSA) is 20.2 Å². The van der Waals surface area contributed by atoms with Gasteiger partial charge >= 0.3 is 0 Å². The highest BCUT2D eigenvalue weighted by Gasteiger charge is 2.19.